The fourth-order valence-corrected chi connectivity index (χ4v) is 5.11. The zero-order valence-corrected chi connectivity index (χ0v) is 27.3. The van der Waals surface area contributed by atoms with E-state index in [0.29, 0.717) is 6.42 Å². The van der Waals surface area contributed by atoms with Gasteiger partial charge in [0.05, 0.1) is 18.8 Å². The number of allylic oxidation sites excluding steroid dienone is 5. The van der Waals surface area contributed by atoms with Crippen LogP contribution in [0.2, 0.25) is 0 Å². The molecule has 41 heavy (non-hydrogen) atoms. The van der Waals surface area contributed by atoms with Gasteiger partial charge in [0.1, 0.15) is 0 Å². The molecule has 0 aromatic carbocycles. The molecule has 4 heteroatoms. The molecule has 3 N–H and O–H groups in total. The average Bonchev–Trinajstić information content (AvgIpc) is 2.98. The van der Waals surface area contributed by atoms with Gasteiger partial charge in [-0.15, -0.1) is 0 Å². The molecule has 0 rings (SSSR count). The summed E-state index contributed by atoms with van der Waals surface area (Å²) >= 11 is 0. The van der Waals surface area contributed by atoms with E-state index in [4.69, 9.17) is 0 Å². The Bertz CT molecular complexity index is 628. The van der Waals surface area contributed by atoms with Crippen LogP contribution in [0.1, 0.15) is 174 Å². The number of aliphatic hydroxyl groups excluding tert-OH is 2. The Labute approximate surface area is 255 Å². The van der Waals surface area contributed by atoms with Crippen molar-refractivity contribution < 1.29 is 15.0 Å². The highest BCUT2D eigenvalue weighted by Crippen LogP contribution is 2.15. The zero-order valence-electron chi connectivity index (χ0n) is 27.3. The lowest BCUT2D eigenvalue weighted by molar-refractivity contribution is -0.122. The van der Waals surface area contributed by atoms with Gasteiger partial charge in [0.2, 0.25) is 5.91 Å². The molecule has 2 unspecified atom stereocenters. The second-order valence-corrected chi connectivity index (χ2v) is 11.9. The summed E-state index contributed by atoms with van der Waals surface area (Å²) in [5.74, 6) is -0.168. The maximum atomic E-state index is 11.4. The topological polar surface area (TPSA) is 69.6 Å². The van der Waals surface area contributed by atoms with Gasteiger partial charge in [0.25, 0.3) is 0 Å². The van der Waals surface area contributed by atoms with Crippen molar-refractivity contribution in [2.45, 2.75) is 187 Å². The van der Waals surface area contributed by atoms with E-state index in [1.807, 2.05) is 6.08 Å². The van der Waals surface area contributed by atoms with Crippen LogP contribution in [0.15, 0.2) is 36.5 Å². The molecule has 0 saturated heterocycles. The van der Waals surface area contributed by atoms with E-state index in [-0.39, 0.29) is 12.5 Å². The van der Waals surface area contributed by atoms with Gasteiger partial charge in [-0.2, -0.15) is 0 Å². The Balaban J connectivity index is 3.38. The van der Waals surface area contributed by atoms with E-state index in [9.17, 15) is 15.0 Å². The summed E-state index contributed by atoms with van der Waals surface area (Å²) in [6, 6.07) is -0.639. The van der Waals surface area contributed by atoms with Crippen molar-refractivity contribution in [2.24, 2.45) is 0 Å². The molecule has 0 aromatic heterocycles. The van der Waals surface area contributed by atoms with Crippen LogP contribution in [-0.4, -0.2) is 34.9 Å². The molecule has 0 aliphatic carbocycles. The summed E-state index contributed by atoms with van der Waals surface area (Å²) in [7, 11) is 0. The molecule has 0 aliphatic heterocycles. The van der Waals surface area contributed by atoms with Crippen molar-refractivity contribution in [2.75, 3.05) is 6.61 Å². The minimum absolute atomic E-state index is 0.168. The standard InChI is InChI=1S/C37H69NO3/c1-3-5-6-7-8-9-10-11-12-13-14-15-16-17-18-19-20-21-22-23-24-25-26-27-28-29-30-31-32-33-36(40)35(34-39)38-37(41)4-2/h24-25,28-29,32-33,35-36,39-40H,3-23,26-27,30-31,34H2,1-2H3,(H,38,41)/b25-24+,29-28+,33-32+. The minimum Gasteiger partial charge on any atom is -0.394 e. The van der Waals surface area contributed by atoms with Gasteiger partial charge in [-0.3, -0.25) is 4.79 Å². The van der Waals surface area contributed by atoms with Crippen LogP contribution in [0.3, 0.4) is 0 Å². The Morgan fingerprint density at radius 2 is 0.927 bits per heavy atom. The van der Waals surface area contributed by atoms with Crippen LogP contribution in [0, 0.1) is 0 Å². The lowest BCUT2D eigenvalue weighted by Crippen LogP contribution is -2.44. The predicted octanol–water partition coefficient (Wildman–Crippen LogP) is 10.3. The lowest BCUT2D eigenvalue weighted by Gasteiger charge is -2.19. The summed E-state index contributed by atoms with van der Waals surface area (Å²) in [4.78, 5) is 11.4. The molecule has 0 bridgehead atoms. The van der Waals surface area contributed by atoms with E-state index in [1.165, 1.54) is 128 Å². The van der Waals surface area contributed by atoms with Crippen LogP contribution in [0.4, 0.5) is 0 Å². The molecule has 2 atom stereocenters. The number of hydrogen-bond donors (Lipinski definition) is 3. The molecule has 0 fully saturated rings. The van der Waals surface area contributed by atoms with Crippen LogP contribution in [-0.2, 0) is 4.79 Å². The third-order valence-corrected chi connectivity index (χ3v) is 7.92. The van der Waals surface area contributed by atoms with Crippen molar-refractivity contribution in [3.63, 3.8) is 0 Å². The van der Waals surface area contributed by atoms with Gasteiger partial charge < -0.3 is 15.5 Å². The maximum Gasteiger partial charge on any atom is 0.220 e. The number of carbonyl (C=O) groups excluding carboxylic acids is 1. The van der Waals surface area contributed by atoms with Crippen molar-refractivity contribution in [1.29, 1.82) is 0 Å². The Morgan fingerprint density at radius 1 is 0.561 bits per heavy atom. The quantitative estimate of drug-likeness (QED) is 0.0569. The third kappa shape index (κ3) is 29.9. The fraction of sp³-hybridized carbons (Fsp3) is 0.811. The lowest BCUT2D eigenvalue weighted by atomic mass is 10.0. The summed E-state index contributed by atoms with van der Waals surface area (Å²) < 4.78 is 0. The second kappa shape index (κ2) is 33.1. The molecule has 0 spiro atoms. The normalized spacial score (nSPS) is 13.6. The second-order valence-electron chi connectivity index (χ2n) is 11.9. The van der Waals surface area contributed by atoms with Crippen LogP contribution in [0.5, 0.6) is 0 Å². The molecule has 0 saturated carbocycles. The van der Waals surface area contributed by atoms with Gasteiger partial charge in [0, 0.05) is 6.42 Å². The van der Waals surface area contributed by atoms with E-state index in [1.54, 1.807) is 13.0 Å². The first-order chi connectivity index (χ1) is 20.2. The summed E-state index contributed by atoms with van der Waals surface area (Å²) in [6.45, 7) is 3.77. The average molecular weight is 576 g/mol. The van der Waals surface area contributed by atoms with Crippen LogP contribution in [0.25, 0.3) is 0 Å². The highest BCUT2D eigenvalue weighted by molar-refractivity contribution is 5.75. The molecule has 4 nitrogen and oxygen atoms in total. The van der Waals surface area contributed by atoms with Gasteiger partial charge in [-0.05, 0) is 38.5 Å². The predicted molar refractivity (Wildman–Crippen MR) is 179 cm³/mol. The molecule has 0 aromatic rings. The van der Waals surface area contributed by atoms with Gasteiger partial charge >= 0.3 is 0 Å². The van der Waals surface area contributed by atoms with Crippen LogP contribution < -0.4 is 5.32 Å². The van der Waals surface area contributed by atoms with Crippen molar-refractivity contribution in [3.8, 4) is 0 Å². The van der Waals surface area contributed by atoms with E-state index >= 15 is 0 Å². The third-order valence-electron chi connectivity index (χ3n) is 7.92. The summed E-state index contributed by atoms with van der Waals surface area (Å²) in [6.07, 6.45) is 44.4. The smallest absolute Gasteiger partial charge is 0.220 e. The first-order valence-electron chi connectivity index (χ1n) is 17.7. The molecular formula is C37H69NO3. The van der Waals surface area contributed by atoms with E-state index < -0.39 is 12.1 Å². The molecule has 0 heterocycles. The molecule has 1 amide bonds. The van der Waals surface area contributed by atoms with Crippen molar-refractivity contribution >= 4 is 5.91 Å². The summed E-state index contributed by atoms with van der Waals surface area (Å²) in [5.41, 5.74) is 0. The van der Waals surface area contributed by atoms with Crippen LogP contribution >= 0.6 is 0 Å². The molecule has 0 radical (unpaired) electrons. The highest BCUT2D eigenvalue weighted by atomic mass is 16.3. The Kier molecular flexibility index (Phi) is 32.0. The van der Waals surface area contributed by atoms with E-state index in [2.05, 4.69) is 36.5 Å². The van der Waals surface area contributed by atoms with Crippen molar-refractivity contribution in [3.05, 3.63) is 36.5 Å². The Morgan fingerprint density at radius 3 is 1.32 bits per heavy atom. The first kappa shape index (κ1) is 39.6. The molecular weight excluding hydrogens is 506 g/mol. The number of nitrogens with one attached hydrogen (secondary N) is 1. The number of hydrogen-bond acceptors (Lipinski definition) is 3. The van der Waals surface area contributed by atoms with Gasteiger partial charge in [0.15, 0.2) is 0 Å². The Hall–Kier alpha value is -1.39. The molecule has 240 valence electrons. The number of aliphatic hydroxyl groups is 2. The van der Waals surface area contributed by atoms with Crippen molar-refractivity contribution in [1.82, 2.24) is 5.32 Å². The largest absolute Gasteiger partial charge is 0.394 e. The number of amides is 1. The van der Waals surface area contributed by atoms with E-state index in [0.717, 1.165) is 25.7 Å². The SMILES string of the molecule is CCCCCCCCCCCCCCCCCCCCC/C=C/CC/C=C/CC/C=C/C(O)C(CO)NC(=O)CC. The fourth-order valence-electron chi connectivity index (χ4n) is 5.11. The molecule has 0 aliphatic rings. The van der Waals surface area contributed by atoms with Gasteiger partial charge in [-0.1, -0.05) is 166 Å². The highest BCUT2D eigenvalue weighted by Gasteiger charge is 2.17. The minimum atomic E-state index is -0.862. The maximum absolute atomic E-state index is 11.4. The monoisotopic (exact) mass is 576 g/mol. The zero-order chi connectivity index (χ0) is 30.1. The summed E-state index contributed by atoms with van der Waals surface area (Å²) in [5, 5.41) is 22.0. The first-order valence-corrected chi connectivity index (χ1v) is 17.7. The number of carbonyl (C=O) groups is 1. The van der Waals surface area contributed by atoms with Gasteiger partial charge in [-0.25, -0.2) is 0 Å². The number of rotatable bonds is 31. The number of unbranched alkanes of at least 4 members (excludes halogenated alkanes) is 21.